The predicted molar refractivity (Wildman–Crippen MR) is 85.6 cm³/mol. The van der Waals surface area contributed by atoms with Gasteiger partial charge in [0.15, 0.2) is 0 Å². The Balaban J connectivity index is 3.03. The highest BCUT2D eigenvalue weighted by Crippen LogP contribution is 2.18. The van der Waals surface area contributed by atoms with Crippen LogP contribution in [0.3, 0.4) is 0 Å². The minimum Gasteiger partial charge on any atom is -0.123 e. The molecule has 0 spiro atoms. The van der Waals surface area contributed by atoms with Crippen LogP contribution in [0, 0.1) is 5.92 Å². The van der Waals surface area contributed by atoms with Gasteiger partial charge < -0.3 is 0 Å². The first kappa shape index (κ1) is 18.3. The third-order valence-electron chi connectivity index (χ3n) is 3.81. The van der Waals surface area contributed by atoms with Crippen molar-refractivity contribution in [1.29, 1.82) is 0 Å². The first-order chi connectivity index (χ1) is 8.68. The highest BCUT2D eigenvalue weighted by atomic mass is 35.5. The van der Waals surface area contributed by atoms with Crippen molar-refractivity contribution in [1.82, 2.24) is 0 Å². The van der Waals surface area contributed by atoms with Gasteiger partial charge in [-0.15, -0.1) is 11.6 Å². The van der Waals surface area contributed by atoms with Gasteiger partial charge in [-0.3, -0.25) is 0 Å². The second-order valence-electron chi connectivity index (χ2n) is 6.08. The van der Waals surface area contributed by atoms with Gasteiger partial charge in [-0.2, -0.15) is 0 Å². The van der Waals surface area contributed by atoms with Crippen LogP contribution in [-0.2, 0) is 0 Å². The van der Waals surface area contributed by atoms with Gasteiger partial charge in [0.25, 0.3) is 0 Å². The Bertz CT molecular complexity index is 154. The van der Waals surface area contributed by atoms with Crippen LogP contribution in [0.4, 0.5) is 0 Å². The van der Waals surface area contributed by atoms with Gasteiger partial charge in [0.2, 0.25) is 0 Å². The Kier molecular flexibility index (Phi) is 13.9. The zero-order valence-corrected chi connectivity index (χ0v) is 13.8. The van der Waals surface area contributed by atoms with Crippen LogP contribution in [0.25, 0.3) is 0 Å². The number of halogens is 1. The summed E-state index contributed by atoms with van der Waals surface area (Å²) >= 11 is 6.24. The summed E-state index contributed by atoms with van der Waals surface area (Å²) in [5, 5.41) is 0.392. The van der Waals surface area contributed by atoms with Gasteiger partial charge in [0, 0.05) is 5.38 Å². The lowest BCUT2D eigenvalue weighted by Crippen LogP contribution is -2.06. The fraction of sp³-hybridized carbons (Fsp3) is 1.00. The minimum atomic E-state index is 0.392. The van der Waals surface area contributed by atoms with Crippen molar-refractivity contribution in [2.75, 3.05) is 0 Å². The molecule has 0 aliphatic carbocycles. The Morgan fingerprint density at radius 2 is 1.06 bits per heavy atom. The lowest BCUT2D eigenvalue weighted by atomic mass is 10.0. The molecule has 0 radical (unpaired) electrons. The molecule has 0 amide bonds. The molecule has 0 aromatic heterocycles. The Labute approximate surface area is 121 Å². The minimum absolute atomic E-state index is 0.392. The fourth-order valence-electron chi connectivity index (χ4n) is 2.34. The Morgan fingerprint density at radius 1 is 0.667 bits per heavy atom. The van der Waals surface area contributed by atoms with E-state index in [0.717, 1.165) is 0 Å². The number of hydrogen-bond acceptors (Lipinski definition) is 0. The van der Waals surface area contributed by atoms with E-state index in [9.17, 15) is 0 Å². The molecule has 1 heteroatoms. The van der Waals surface area contributed by atoms with Crippen molar-refractivity contribution in [2.45, 2.75) is 103 Å². The van der Waals surface area contributed by atoms with Crippen molar-refractivity contribution in [3.63, 3.8) is 0 Å². The molecule has 0 aromatic carbocycles. The second-order valence-corrected chi connectivity index (χ2v) is 6.64. The van der Waals surface area contributed by atoms with Crippen LogP contribution in [-0.4, -0.2) is 5.38 Å². The zero-order chi connectivity index (χ0) is 13.6. The van der Waals surface area contributed by atoms with E-state index in [0.29, 0.717) is 11.3 Å². The van der Waals surface area contributed by atoms with Crippen molar-refractivity contribution in [3.8, 4) is 0 Å². The van der Waals surface area contributed by atoms with Crippen molar-refractivity contribution < 1.29 is 0 Å². The molecule has 0 heterocycles. The normalized spacial score (nSPS) is 13.2. The van der Waals surface area contributed by atoms with Crippen molar-refractivity contribution >= 4 is 11.6 Å². The molecule has 110 valence electrons. The molecular weight excluding hydrogens is 240 g/mol. The first-order valence-electron chi connectivity index (χ1n) is 8.32. The average Bonchev–Trinajstić information content (AvgIpc) is 2.35. The summed E-state index contributed by atoms with van der Waals surface area (Å²) in [7, 11) is 0. The molecule has 0 aliphatic rings. The second kappa shape index (κ2) is 13.7. The van der Waals surface area contributed by atoms with E-state index >= 15 is 0 Å². The van der Waals surface area contributed by atoms with E-state index in [-0.39, 0.29) is 0 Å². The van der Waals surface area contributed by atoms with Crippen molar-refractivity contribution in [2.24, 2.45) is 5.92 Å². The molecule has 0 N–H and O–H groups in total. The summed E-state index contributed by atoms with van der Waals surface area (Å²) in [4.78, 5) is 0. The summed E-state index contributed by atoms with van der Waals surface area (Å²) in [5.41, 5.74) is 0. The van der Waals surface area contributed by atoms with Gasteiger partial charge in [-0.1, -0.05) is 91.4 Å². The topological polar surface area (TPSA) is 0 Å². The molecule has 0 saturated heterocycles. The van der Waals surface area contributed by atoms with Crippen LogP contribution in [0.1, 0.15) is 97.8 Å². The summed E-state index contributed by atoms with van der Waals surface area (Å²) in [6, 6.07) is 0. The molecule has 0 saturated carbocycles. The molecule has 0 nitrogen and oxygen atoms in total. The Hall–Kier alpha value is 0.290. The smallest absolute Gasteiger partial charge is 0.0359 e. The maximum atomic E-state index is 6.24. The van der Waals surface area contributed by atoms with Crippen LogP contribution in [0.5, 0.6) is 0 Å². The lowest BCUT2D eigenvalue weighted by Gasteiger charge is -2.12. The van der Waals surface area contributed by atoms with Gasteiger partial charge in [0.05, 0.1) is 0 Å². The van der Waals surface area contributed by atoms with Gasteiger partial charge in [-0.05, 0) is 12.3 Å². The molecule has 0 rings (SSSR count). The molecule has 1 atom stereocenters. The molecule has 18 heavy (non-hydrogen) atoms. The average molecular weight is 275 g/mol. The van der Waals surface area contributed by atoms with Crippen LogP contribution in [0.2, 0.25) is 0 Å². The van der Waals surface area contributed by atoms with E-state index in [1.54, 1.807) is 0 Å². The zero-order valence-electron chi connectivity index (χ0n) is 13.0. The largest absolute Gasteiger partial charge is 0.123 e. The van der Waals surface area contributed by atoms with E-state index in [1.165, 1.54) is 77.0 Å². The number of alkyl halides is 1. The highest BCUT2D eigenvalue weighted by Gasteiger charge is 2.08. The highest BCUT2D eigenvalue weighted by molar-refractivity contribution is 6.20. The SMILES string of the molecule is CCCCCCCCCCCCCC(Cl)C(C)C. The van der Waals surface area contributed by atoms with E-state index in [2.05, 4.69) is 20.8 Å². The third kappa shape index (κ3) is 12.7. The molecular formula is C17H35Cl. The molecule has 0 fully saturated rings. The van der Waals surface area contributed by atoms with Crippen molar-refractivity contribution in [3.05, 3.63) is 0 Å². The lowest BCUT2D eigenvalue weighted by molar-refractivity contribution is 0.509. The fourth-order valence-corrected chi connectivity index (χ4v) is 2.49. The van der Waals surface area contributed by atoms with Gasteiger partial charge >= 0.3 is 0 Å². The quantitative estimate of drug-likeness (QED) is 0.252. The predicted octanol–water partition coefficient (Wildman–Crippen LogP) is 6.95. The molecule has 0 aromatic rings. The van der Waals surface area contributed by atoms with E-state index < -0.39 is 0 Å². The van der Waals surface area contributed by atoms with Crippen LogP contribution < -0.4 is 0 Å². The maximum Gasteiger partial charge on any atom is 0.0359 e. The van der Waals surface area contributed by atoms with Crippen LogP contribution >= 0.6 is 11.6 Å². The summed E-state index contributed by atoms with van der Waals surface area (Å²) in [5.74, 6) is 0.634. The maximum absolute atomic E-state index is 6.24. The van der Waals surface area contributed by atoms with E-state index in [4.69, 9.17) is 11.6 Å². The van der Waals surface area contributed by atoms with Gasteiger partial charge in [-0.25, -0.2) is 0 Å². The third-order valence-corrected chi connectivity index (χ3v) is 4.53. The number of hydrogen-bond donors (Lipinski definition) is 0. The summed E-state index contributed by atoms with van der Waals surface area (Å²) < 4.78 is 0. The molecule has 1 unspecified atom stereocenters. The Morgan fingerprint density at radius 3 is 1.44 bits per heavy atom. The summed E-state index contributed by atoms with van der Waals surface area (Å²) in [6.07, 6.45) is 16.8. The number of rotatable bonds is 13. The van der Waals surface area contributed by atoms with Gasteiger partial charge in [0.1, 0.15) is 0 Å². The van der Waals surface area contributed by atoms with E-state index in [1.807, 2.05) is 0 Å². The monoisotopic (exact) mass is 274 g/mol. The number of unbranched alkanes of at least 4 members (excludes halogenated alkanes) is 10. The standard InChI is InChI=1S/C17H35Cl/c1-4-5-6-7-8-9-10-11-12-13-14-15-17(18)16(2)3/h16-17H,4-15H2,1-3H3. The molecule has 0 bridgehead atoms. The van der Waals surface area contributed by atoms with Crippen LogP contribution in [0.15, 0.2) is 0 Å². The first-order valence-corrected chi connectivity index (χ1v) is 8.76. The summed E-state index contributed by atoms with van der Waals surface area (Å²) in [6.45, 7) is 6.72. The molecule has 0 aliphatic heterocycles.